The molecule has 0 saturated carbocycles. The molecular formula is C17H11BrFNO. The van der Waals surface area contributed by atoms with Gasteiger partial charge in [0.25, 0.3) is 0 Å². The van der Waals surface area contributed by atoms with Crippen LogP contribution >= 0.6 is 15.9 Å². The highest BCUT2D eigenvalue weighted by atomic mass is 79.9. The Morgan fingerprint density at radius 1 is 1.14 bits per heavy atom. The van der Waals surface area contributed by atoms with Crippen LogP contribution < -0.4 is 0 Å². The van der Waals surface area contributed by atoms with Crippen LogP contribution in [-0.2, 0) is 6.42 Å². The Hall–Kier alpha value is -2.07. The highest BCUT2D eigenvalue weighted by Gasteiger charge is 2.14. The van der Waals surface area contributed by atoms with E-state index in [1.54, 1.807) is 18.3 Å². The van der Waals surface area contributed by atoms with Crippen molar-refractivity contribution in [2.75, 3.05) is 0 Å². The largest absolute Gasteiger partial charge is 0.292 e. The van der Waals surface area contributed by atoms with Crippen LogP contribution in [0.5, 0.6) is 0 Å². The zero-order chi connectivity index (χ0) is 14.8. The van der Waals surface area contributed by atoms with Crippen LogP contribution in [0.3, 0.4) is 0 Å². The Morgan fingerprint density at radius 3 is 2.81 bits per heavy atom. The molecule has 4 heteroatoms. The molecule has 3 rings (SSSR count). The third kappa shape index (κ3) is 2.85. The van der Waals surface area contributed by atoms with Crippen molar-refractivity contribution >= 4 is 32.5 Å². The topological polar surface area (TPSA) is 30.0 Å². The van der Waals surface area contributed by atoms with Crippen LogP contribution in [0.25, 0.3) is 10.8 Å². The van der Waals surface area contributed by atoms with Crippen molar-refractivity contribution in [3.63, 3.8) is 0 Å². The van der Waals surface area contributed by atoms with Gasteiger partial charge in [-0.05, 0) is 35.2 Å². The van der Waals surface area contributed by atoms with Gasteiger partial charge in [-0.25, -0.2) is 4.39 Å². The normalized spacial score (nSPS) is 10.8. The average Bonchev–Trinajstić information content (AvgIpc) is 2.50. The van der Waals surface area contributed by atoms with Crippen molar-refractivity contribution in [3.05, 3.63) is 76.3 Å². The van der Waals surface area contributed by atoms with Gasteiger partial charge in [0.05, 0.1) is 0 Å². The first-order chi connectivity index (χ1) is 10.1. The molecule has 2 nitrogen and oxygen atoms in total. The molecule has 0 aliphatic carbocycles. The van der Waals surface area contributed by atoms with Crippen LogP contribution in [-0.4, -0.2) is 10.8 Å². The van der Waals surface area contributed by atoms with Crippen LogP contribution in [0.2, 0.25) is 0 Å². The van der Waals surface area contributed by atoms with Crippen molar-refractivity contribution in [2.24, 2.45) is 0 Å². The number of hydrogen-bond donors (Lipinski definition) is 0. The van der Waals surface area contributed by atoms with Gasteiger partial charge in [0, 0.05) is 22.5 Å². The van der Waals surface area contributed by atoms with Crippen molar-refractivity contribution in [1.82, 2.24) is 4.98 Å². The molecule has 0 bridgehead atoms. The van der Waals surface area contributed by atoms with E-state index >= 15 is 0 Å². The number of carbonyl (C=O) groups excluding carboxylic acids is 1. The highest BCUT2D eigenvalue weighted by molar-refractivity contribution is 9.10. The van der Waals surface area contributed by atoms with E-state index in [0.717, 1.165) is 15.2 Å². The average molecular weight is 344 g/mol. The third-order valence-corrected chi connectivity index (χ3v) is 3.79. The minimum absolute atomic E-state index is 0.00766. The molecule has 0 spiro atoms. The number of benzene rings is 2. The van der Waals surface area contributed by atoms with E-state index in [4.69, 9.17) is 0 Å². The third-order valence-electron chi connectivity index (χ3n) is 3.30. The fraction of sp³-hybridized carbons (Fsp3) is 0.0588. The molecule has 0 radical (unpaired) electrons. The number of nitrogens with zero attached hydrogens (tertiary/aromatic N) is 1. The van der Waals surface area contributed by atoms with Gasteiger partial charge in [0.2, 0.25) is 0 Å². The minimum atomic E-state index is -0.383. The first-order valence-corrected chi connectivity index (χ1v) is 7.25. The number of aromatic nitrogens is 1. The molecule has 0 aliphatic rings. The SMILES string of the molecule is O=C(Cc1cc(Br)ccc1F)c1nccc2ccccc12. The van der Waals surface area contributed by atoms with Gasteiger partial charge >= 0.3 is 0 Å². The van der Waals surface area contributed by atoms with Gasteiger partial charge in [-0.2, -0.15) is 0 Å². The Balaban J connectivity index is 1.99. The van der Waals surface area contributed by atoms with Crippen molar-refractivity contribution in [3.8, 4) is 0 Å². The maximum atomic E-state index is 13.8. The maximum Gasteiger partial charge on any atom is 0.186 e. The molecule has 1 aromatic heterocycles. The van der Waals surface area contributed by atoms with E-state index in [-0.39, 0.29) is 18.0 Å². The van der Waals surface area contributed by atoms with E-state index in [1.807, 2.05) is 30.3 Å². The second-order valence-electron chi connectivity index (χ2n) is 4.72. The number of ketones is 1. The quantitative estimate of drug-likeness (QED) is 0.652. The summed E-state index contributed by atoms with van der Waals surface area (Å²) in [5.74, 6) is -0.574. The van der Waals surface area contributed by atoms with Crippen LogP contribution in [0, 0.1) is 5.82 Å². The number of hydrogen-bond acceptors (Lipinski definition) is 2. The highest BCUT2D eigenvalue weighted by Crippen LogP contribution is 2.20. The molecule has 1 heterocycles. The fourth-order valence-electron chi connectivity index (χ4n) is 2.28. The molecule has 21 heavy (non-hydrogen) atoms. The van der Waals surface area contributed by atoms with Crippen LogP contribution in [0.1, 0.15) is 16.1 Å². The minimum Gasteiger partial charge on any atom is -0.292 e. The van der Waals surface area contributed by atoms with E-state index in [1.165, 1.54) is 6.07 Å². The molecule has 3 aromatic rings. The second kappa shape index (κ2) is 5.74. The standard InChI is InChI=1S/C17H11BrFNO/c18-13-5-6-15(19)12(9-13)10-16(21)17-14-4-2-1-3-11(14)7-8-20-17/h1-9H,10H2. The number of rotatable bonds is 3. The van der Waals surface area contributed by atoms with Crippen LogP contribution in [0.15, 0.2) is 59.2 Å². The zero-order valence-corrected chi connectivity index (χ0v) is 12.6. The Labute approximate surface area is 129 Å². The van der Waals surface area contributed by atoms with Crippen molar-refractivity contribution in [1.29, 1.82) is 0 Å². The number of pyridine rings is 1. The zero-order valence-electron chi connectivity index (χ0n) is 11.0. The summed E-state index contributed by atoms with van der Waals surface area (Å²) in [4.78, 5) is 16.6. The smallest absolute Gasteiger partial charge is 0.186 e. The summed E-state index contributed by atoms with van der Waals surface area (Å²) in [5, 5.41) is 1.74. The van der Waals surface area contributed by atoms with Crippen molar-refractivity contribution in [2.45, 2.75) is 6.42 Å². The summed E-state index contributed by atoms with van der Waals surface area (Å²) in [6, 6.07) is 14.0. The fourth-order valence-corrected chi connectivity index (χ4v) is 2.69. The van der Waals surface area contributed by atoms with Crippen molar-refractivity contribution < 1.29 is 9.18 Å². The predicted octanol–water partition coefficient (Wildman–Crippen LogP) is 4.56. The molecule has 104 valence electrons. The molecular weight excluding hydrogens is 333 g/mol. The predicted molar refractivity (Wildman–Crippen MR) is 83.9 cm³/mol. The summed E-state index contributed by atoms with van der Waals surface area (Å²) in [7, 11) is 0. The van der Waals surface area contributed by atoms with Gasteiger partial charge in [-0.15, -0.1) is 0 Å². The van der Waals surface area contributed by atoms with E-state index in [0.29, 0.717) is 11.3 Å². The van der Waals surface area contributed by atoms with Gasteiger partial charge in [-0.3, -0.25) is 9.78 Å². The molecule has 0 unspecified atom stereocenters. The molecule has 0 fully saturated rings. The van der Waals surface area contributed by atoms with Gasteiger partial charge in [0.1, 0.15) is 11.5 Å². The molecule has 0 saturated heterocycles. The van der Waals surface area contributed by atoms with E-state index in [9.17, 15) is 9.18 Å². The van der Waals surface area contributed by atoms with E-state index < -0.39 is 0 Å². The summed E-state index contributed by atoms with van der Waals surface area (Å²) in [5.41, 5.74) is 0.747. The molecule has 0 N–H and O–H groups in total. The van der Waals surface area contributed by atoms with Gasteiger partial charge in [-0.1, -0.05) is 40.2 Å². The Kier molecular flexibility index (Phi) is 3.80. The Morgan fingerprint density at radius 2 is 1.95 bits per heavy atom. The lowest BCUT2D eigenvalue weighted by Crippen LogP contribution is -2.08. The number of carbonyl (C=O) groups is 1. The van der Waals surface area contributed by atoms with E-state index in [2.05, 4.69) is 20.9 Å². The number of Topliss-reactive ketones (excluding diaryl/α,β-unsaturated/α-hetero) is 1. The lowest BCUT2D eigenvalue weighted by atomic mass is 10.0. The van der Waals surface area contributed by atoms with Gasteiger partial charge < -0.3 is 0 Å². The first-order valence-electron chi connectivity index (χ1n) is 6.46. The molecule has 0 amide bonds. The van der Waals surface area contributed by atoms with Gasteiger partial charge in [0.15, 0.2) is 5.78 Å². The summed E-state index contributed by atoms with van der Waals surface area (Å²) in [6.07, 6.45) is 1.60. The maximum absolute atomic E-state index is 13.8. The lowest BCUT2D eigenvalue weighted by Gasteiger charge is -2.06. The summed E-state index contributed by atoms with van der Waals surface area (Å²) < 4.78 is 14.5. The molecule has 0 atom stereocenters. The number of fused-ring (bicyclic) bond motifs is 1. The Bertz CT molecular complexity index is 827. The monoisotopic (exact) mass is 343 g/mol. The summed E-state index contributed by atoms with van der Waals surface area (Å²) in [6.45, 7) is 0. The number of halogens is 2. The second-order valence-corrected chi connectivity index (χ2v) is 5.63. The molecule has 0 aliphatic heterocycles. The first kappa shape index (κ1) is 13.9. The summed E-state index contributed by atoms with van der Waals surface area (Å²) >= 11 is 3.29. The van der Waals surface area contributed by atoms with Crippen LogP contribution in [0.4, 0.5) is 4.39 Å². The molecule has 2 aromatic carbocycles. The lowest BCUT2D eigenvalue weighted by molar-refractivity contribution is 0.0989.